The average molecular weight is 272 g/mol. The molecule has 108 valence electrons. The number of carbonyl (C=O) groups excluding carboxylic acids is 1. The molecule has 0 N–H and O–H groups in total. The normalized spacial score (nSPS) is 16.4. The van der Waals surface area contributed by atoms with Crippen LogP contribution in [-0.2, 0) is 4.79 Å². The van der Waals surface area contributed by atoms with Gasteiger partial charge in [-0.25, -0.2) is 4.79 Å². The van der Waals surface area contributed by atoms with Crippen LogP contribution in [0.15, 0.2) is 23.2 Å². The molecule has 0 unspecified atom stereocenters. The minimum atomic E-state index is 0.492. The highest BCUT2D eigenvalue weighted by atomic mass is 16.1. The lowest BCUT2D eigenvalue weighted by Gasteiger charge is -2.52. The summed E-state index contributed by atoms with van der Waals surface area (Å²) in [5.41, 5.74) is 3.65. The molecule has 1 aromatic rings. The Bertz CT molecular complexity index is 512. The maximum atomic E-state index is 10.4. The SMILES string of the molecule is CCCCC1(CC)CN(c2cc(N=C=O)ccc2C)C1. The van der Waals surface area contributed by atoms with E-state index >= 15 is 0 Å². The second-order valence-electron chi connectivity index (χ2n) is 5.99. The predicted molar refractivity (Wildman–Crippen MR) is 83.4 cm³/mol. The molecule has 3 heteroatoms. The minimum Gasteiger partial charge on any atom is -0.370 e. The molecule has 20 heavy (non-hydrogen) atoms. The highest BCUT2D eigenvalue weighted by molar-refractivity contribution is 5.64. The Morgan fingerprint density at radius 1 is 1.35 bits per heavy atom. The van der Waals surface area contributed by atoms with Gasteiger partial charge in [0.1, 0.15) is 0 Å². The van der Waals surface area contributed by atoms with E-state index in [-0.39, 0.29) is 0 Å². The highest BCUT2D eigenvalue weighted by Crippen LogP contribution is 2.42. The number of anilines is 1. The first kappa shape index (κ1) is 14.8. The van der Waals surface area contributed by atoms with Crippen LogP contribution in [-0.4, -0.2) is 19.2 Å². The van der Waals surface area contributed by atoms with Gasteiger partial charge in [-0.15, -0.1) is 0 Å². The fraction of sp³-hybridized carbons (Fsp3) is 0.588. The van der Waals surface area contributed by atoms with Crippen LogP contribution in [0, 0.1) is 12.3 Å². The van der Waals surface area contributed by atoms with Gasteiger partial charge >= 0.3 is 0 Å². The van der Waals surface area contributed by atoms with E-state index in [9.17, 15) is 4.79 Å². The molecule has 1 fully saturated rings. The van der Waals surface area contributed by atoms with Crippen molar-refractivity contribution in [3.8, 4) is 0 Å². The number of nitrogens with zero attached hydrogens (tertiary/aromatic N) is 2. The standard InChI is InChI=1S/C17H24N2O/c1-4-6-9-17(5-2)11-19(12-17)16-10-15(18-13-20)8-7-14(16)3/h7-8,10H,4-6,9,11-12H2,1-3H3. The van der Waals surface area contributed by atoms with E-state index < -0.39 is 0 Å². The number of isocyanates is 1. The molecule has 0 aromatic heterocycles. The Hall–Kier alpha value is -1.60. The van der Waals surface area contributed by atoms with Crippen molar-refractivity contribution in [2.24, 2.45) is 10.4 Å². The van der Waals surface area contributed by atoms with Gasteiger partial charge < -0.3 is 4.90 Å². The molecule has 1 saturated heterocycles. The van der Waals surface area contributed by atoms with E-state index in [0.717, 1.165) is 13.1 Å². The first-order chi connectivity index (χ1) is 9.64. The molecule has 0 saturated carbocycles. The van der Waals surface area contributed by atoms with Crippen LogP contribution in [0.2, 0.25) is 0 Å². The lowest BCUT2D eigenvalue weighted by molar-refractivity contribution is 0.180. The third kappa shape index (κ3) is 2.94. The van der Waals surface area contributed by atoms with Crippen LogP contribution in [0.25, 0.3) is 0 Å². The Kier molecular flexibility index (Phi) is 4.61. The first-order valence-electron chi connectivity index (χ1n) is 7.57. The second-order valence-corrected chi connectivity index (χ2v) is 5.99. The lowest BCUT2D eigenvalue weighted by atomic mass is 9.73. The maximum Gasteiger partial charge on any atom is 0.240 e. The second kappa shape index (κ2) is 6.23. The summed E-state index contributed by atoms with van der Waals surface area (Å²) in [7, 11) is 0. The molecule has 3 nitrogen and oxygen atoms in total. The van der Waals surface area contributed by atoms with Crippen LogP contribution >= 0.6 is 0 Å². The van der Waals surface area contributed by atoms with Gasteiger partial charge in [0.2, 0.25) is 6.08 Å². The number of aryl methyl sites for hydroxylation is 1. The van der Waals surface area contributed by atoms with Gasteiger partial charge in [-0.05, 0) is 37.5 Å². The molecule has 0 amide bonds. The third-order valence-electron chi connectivity index (χ3n) is 4.57. The van der Waals surface area contributed by atoms with Crippen LogP contribution in [0.3, 0.4) is 0 Å². The number of hydrogen-bond acceptors (Lipinski definition) is 3. The molecular weight excluding hydrogens is 248 g/mol. The molecule has 1 aromatic carbocycles. The lowest BCUT2D eigenvalue weighted by Crippen LogP contribution is -2.56. The highest BCUT2D eigenvalue weighted by Gasteiger charge is 2.41. The van der Waals surface area contributed by atoms with Crippen molar-refractivity contribution in [1.29, 1.82) is 0 Å². The zero-order valence-electron chi connectivity index (χ0n) is 12.8. The zero-order valence-corrected chi connectivity index (χ0v) is 12.8. The summed E-state index contributed by atoms with van der Waals surface area (Å²) in [5, 5.41) is 0. The minimum absolute atomic E-state index is 0.492. The molecule has 0 spiro atoms. The van der Waals surface area contributed by atoms with Crippen LogP contribution in [0.5, 0.6) is 0 Å². The summed E-state index contributed by atoms with van der Waals surface area (Å²) in [5.74, 6) is 0. The molecule has 1 aliphatic heterocycles. The van der Waals surface area contributed by atoms with Crippen LogP contribution in [0.4, 0.5) is 11.4 Å². The van der Waals surface area contributed by atoms with Crippen molar-refractivity contribution in [2.45, 2.75) is 46.5 Å². The van der Waals surface area contributed by atoms with Crippen molar-refractivity contribution >= 4 is 17.5 Å². The van der Waals surface area contributed by atoms with Crippen molar-refractivity contribution in [3.63, 3.8) is 0 Å². The monoisotopic (exact) mass is 272 g/mol. The molecule has 0 atom stereocenters. The summed E-state index contributed by atoms with van der Waals surface area (Å²) >= 11 is 0. The Morgan fingerprint density at radius 2 is 2.10 bits per heavy atom. The van der Waals surface area contributed by atoms with Crippen molar-refractivity contribution < 1.29 is 4.79 Å². The summed E-state index contributed by atoms with van der Waals surface area (Å²) in [4.78, 5) is 16.5. The fourth-order valence-electron chi connectivity index (χ4n) is 3.10. The van der Waals surface area contributed by atoms with Crippen LogP contribution in [0.1, 0.15) is 45.1 Å². The smallest absolute Gasteiger partial charge is 0.240 e. The maximum absolute atomic E-state index is 10.4. The van der Waals surface area contributed by atoms with Gasteiger partial charge in [0, 0.05) is 24.2 Å². The number of unbranched alkanes of at least 4 members (excludes halogenated alkanes) is 1. The van der Waals surface area contributed by atoms with Gasteiger partial charge in [0.05, 0.1) is 5.69 Å². The summed E-state index contributed by atoms with van der Waals surface area (Å²) < 4.78 is 0. The fourth-order valence-corrected chi connectivity index (χ4v) is 3.10. The molecule has 2 rings (SSSR count). The largest absolute Gasteiger partial charge is 0.370 e. The van der Waals surface area contributed by atoms with Gasteiger partial charge in [-0.1, -0.05) is 32.8 Å². The summed E-state index contributed by atoms with van der Waals surface area (Å²) in [6, 6.07) is 5.90. The number of hydrogen-bond donors (Lipinski definition) is 0. The number of aliphatic imine (C=N–C) groups is 1. The molecule has 1 heterocycles. The van der Waals surface area contributed by atoms with E-state index in [0.29, 0.717) is 11.1 Å². The Balaban J connectivity index is 2.11. The zero-order chi connectivity index (χ0) is 14.6. The molecule has 1 aliphatic rings. The molecular formula is C17H24N2O. The predicted octanol–water partition coefficient (Wildman–Crippen LogP) is 4.37. The van der Waals surface area contributed by atoms with Gasteiger partial charge in [-0.2, -0.15) is 4.99 Å². The molecule has 0 radical (unpaired) electrons. The van der Waals surface area contributed by atoms with Crippen molar-refractivity contribution in [1.82, 2.24) is 0 Å². The van der Waals surface area contributed by atoms with E-state index in [1.807, 2.05) is 18.2 Å². The average Bonchev–Trinajstić information content (AvgIpc) is 2.41. The molecule has 0 bridgehead atoms. The van der Waals surface area contributed by atoms with E-state index in [4.69, 9.17) is 0 Å². The van der Waals surface area contributed by atoms with Gasteiger partial charge in [-0.3, -0.25) is 0 Å². The van der Waals surface area contributed by atoms with E-state index in [1.165, 1.54) is 36.9 Å². The molecule has 0 aliphatic carbocycles. The Morgan fingerprint density at radius 3 is 2.70 bits per heavy atom. The number of rotatable bonds is 6. The van der Waals surface area contributed by atoms with Gasteiger partial charge in [0.15, 0.2) is 0 Å². The van der Waals surface area contributed by atoms with E-state index in [1.54, 1.807) is 6.08 Å². The Labute approximate surface area is 121 Å². The van der Waals surface area contributed by atoms with Gasteiger partial charge in [0.25, 0.3) is 0 Å². The van der Waals surface area contributed by atoms with Crippen molar-refractivity contribution in [3.05, 3.63) is 23.8 Å². The number of benzene rings is 1. The van der Waals surface area contributed by atoms with Crippen LogP contribution < -0.4 is 4.90 Å². The first-order valence-corrected chi connectivity index (χ1v) is 7.57. The quantitative estimate of drug-likeness (QED) is 0.569. The summed E-state index contributed by atoms with van der Waals surface area (Å²) in [6.07, 6.45) is 6.77. The van der Waals surface area contributed by atoms with Crippen molar-refractivity contribution in [2.75, 3.05) is 18.0 Å². The third-order valence-corrected chi connectivity index (χ3v) is 4.57. The summed E-state index contributed by atoms with van der Waals surface area (Å²) in [6.45, 7) is 8.91. The van der Waals surface area contributed by atoms with E-state index in [2.05, 4.69) is 30.7 Å². The topological polar surface area (TPSA) is 32.7 Å².